The second kappa shape index (κ2) is 4.45. The van der Waals surface area contributed by atoms with Crippen molar-refractivity contribution in [2.45, 2.75) is 12.8 Å². The SMILES string of the molecule is O=C(O)Cc1ccc(CC2COC2)cc1. The predicted molar refractivity (Wildman–Crippen MR) is 55.8 cm³/mol. The van der Waals surface area contributed by atoms with Crippen molar-refractivity contribution in [3.05, 3.63) is 35.4 Å². The Hall–Kier alpha value is -1.35. The maximum Gasteiger partial charge on any atom is 0.307 e. The van der Waals surface area contributed by atoms with E-state index in [0.29, 0.717) is 5.92 Å². The lowest BCUT2D eigenvalue weighted by atomic mass is 9.97. The van der Waals surface area contributed by atoms with Gasteiger partial charge >= 0.3 is 5.97 Å². The lowest BCUT2D eigenvalue weighted by molar-refractivity contribution is -0.136. The minimum absolute atomic E-state index is 0.104. The van der Waals surface area contributed by atoms with Gasteiger partial charge in [-0.1, -0.05) is 24.3 Å². The van der Waals surface area contributed by atoms with Crippen molar-refractivity contribution in [3.8, 4) is 0 Å². The topological polar surface area (TPSA) is 46.5 Å². The van der Waals surface area contributed by atoms with E-state index in [1.54, 1.807) is 0 Å². The van der Waals surface area contributed by atoms with E-state index in [0.717, 1.165) is 25.2 Å². The lowest BCUT2D eigenvalue weighted by Gasteiger charge is -2.25. The van der Waals surface area contributed by atoms with Crippen molar-refractivity contribution >= 4 is 5.97 Å². The number of rotatable bonds is 4. The van der Waals surface area contributed by atoms with Gasteiger partial charge in [0.15, 0.2) is 0 Å². The van der Waals surface area contributed by atoms with Gasteiger partial charge in [0.25, 0.3) is 0 Å². The van der Waals surface area contributed by atoms with Crippen LogP contribution in [0.4, 0.5) is 0 Å². The van der Waals surface area contributed by atoms with Gasteiger partial charge in [-0.15, -0.1) is 0 Å². The first-order valence-corrected chi connectivity index (χ1v) is 5.11. The van der Waals surface area contributed by atoms with Crippen LogP contribution in [0.2, 0.25) is 0 Å². The maximum atomic E-state index is 10.5. The van der Waals surface area contributed by atoms with Gasteiger partial charge in [0, 0.05) is 5.92 Å². The number of ether oxygens (including phenoxy) is 1. The third-order valence-corrected chi connectivity index (χ3v) is 2.61. The Labute approximate surface area is 88.7 Å². The molecule has 0 aliphatic carbocycles. The van der Waals surface area contributed by atoms with E-state index in [4.69, 9.17) is 9.84 Å². The second-order valence-electron chi connectivity index (χ2n) is 3.99. The molecule has 0 unspecified atom stereocenters. The highest BCUT2D eigenvalue weighted by Crippen LogP contribution is 2.17. The summed E-state index contributed by atoms with van der Waals surface area (Å²) in [5.41, 5.74) is 2.12. The molecule has 0 spiro atoms. The normalized spacial score (nSPS) is 16.0. The molecule has 3 nitrogen and oxygen atoms in total. The number of carboxylic acid groups (broad SMARTS) is 1. The van der Waals surface area contributed by atoms with Crippen LogP contribution in [-0.4, -0.2) is 24.3 Å². The third kappa shape index (κ3) is 2.80. The molecule has 0 amide bonds. The van der Waals surface area contributed by atoms with Gasteiger partial charge in [0.05, 0.1) is 19.6 Å². The first kappa shape index (κ1) is 10.2. The zero-order valence-electron chi connectivity index (χ0n) is 8.48. The summed E-state index contributed by atoms with van der Waals surface area (Å²) in [5.74, 6) is -0.134. The summed E-state index contributed by atoms with van der Waals surface area (Å²) >= 11 is 0. The summed E-state index contributed by atoms with van der Waals surface area (Å²) in [5, 5.41) is 8.61. The molecular formula is C12H14O3. The molecule has 1 saturated heterocycles. The van der Waals surface area contributed by atoms with Gasteiger partial charge in [0.1, 0.15) is 0 Å². The van der Waals surface area contributed by atoms with Gasteiger partial charge in [-0.3, -0.25) is 4.79 Å². The summed E-state index contributed by atoms with van der Waals surface area (Å²) in [6.45, 7) is 1.72. The van der Waals surface area contributed by atoms with Gasteiger partial charge in [-0.25, -0.2) is 0 Å². The average Bonchev–Trinajstić information content (AvgIpc) is 2.13. The average molecular weight is 206 g/mol. The molecule has 1 aliphatic heterocycles. The van der Waals surface area contributed by atoms with Crippen LogP contribution in [0.5, 0.6) is 0 Å². The molecule has 80 valence electrons. The molecule has 1 fully saturated rings. The molecule has 1 aromatic carbocycles. The molecule has 2 rings (SSSR count). The van der Waals surface area contributed by atoms with E-state index in [-0.39, 0.29) is 6.42 Å². The standard InChI is InChI=1S/C12H14O3/c13-12(14)6-10-3-1-9(2-4-10)5-11-7-15-8-11/h1-4,11H,5-8H2,(H,13,14). The summed E-state index contributed by atoms with van der Waals surface area (Å²) < 4.78 is 5.11. The maximum absolute atomic E-state index is 10.5. The van der Waals surface area contributed by atoms with E-state index in [1.165, 1.54) is 5.56 Å². The van der Waals surface area contributed by atoms with Crippen molar-refractivity contribution in [3.63, 3.8) is 0 Å². The fourth-order valence-electron chi connectivity index (χ4n) is 1.70. The Morgan fingerprint density at radius 1 is 1.27 bits per heavy atom. The fourth-order valence-corrected chi connectivity index (χ4v) is 1.70. The molecule has 0 saturated carbocycles. The highest BCUT2D eigenvalue weighted by Gasteiger charge is 2.18. The Morgan fingerprint density at radius 2 is 1.87 bits per heavy atom. The van der Waals surface area contributed by atoms with Crippen LogP contribution in [0.25, 0.3) is 0 Å². The van der Waals surface area contributed by atoms with E-state index < -0.39 is 5.97 Å². The quantitative estimate of drug-likeness (QED) is 0.812. The molecule has 1 heterocycles. The highest BCUT2D eigenvalue weighted by atomic mass is 16.5. The molecule has 1 aliphatic rings. The largest absolute Gasteiger partial charge is 0.481 e. The number of hydrogen-bond acceptors (Lipinski definition) is 2. The van der Waals surface area contributed by atoms with E-state index in [9.17, 15) is 4.79 Å². The van der Waals surface area contributed by atoms with Crippen LogP contribution in [0.1, 0.15) is 11.1 Å². The third-order valence-electron chi connectivity index (χ3n) is 2.61. The van der Waals surface area contributed by atoms with Crippen LogP contribution >= 0.6 is 0 Å². The van der Waals surface area contributed by atoms with Crippen LogP contribution in [0.15, 0.2) is 24.3 Å². The molecule has 0 aromatic heterocycles. The minimum atomic E-state index is -0.782. The molecule has 3 heteroatoms. The second-order valence-corrected chi connectivity index (χ2v) is 3.99. The van der Waals surface area contributed by atoms with Crippen LogP contribution < -0.4 is 0 Å². The Kier molecular flexibility index (Phi) is 3.02. The monoisotopic (exact) mass is 206 g/mol. The zero-order valence-corrected chi connectivity index (χ0v) is 8.48. The molecule has 15 heavy (non-hydrogen) atoms. The van der Waals surface area contributed by atoms with Gasteiger partial charge in [0.2, 0.25) is 0 Å². The minimum Gasteiger partial charge on any atom is -0.481 e. The van der Waals surface area contributed by atoms with Crippen molar-refractivity contribution in [2.75, 3.05) is 13.2 Å². The van der Waals surface area contributed by atoms with Crippen molar-refractivity contribution in [2.24, 2.45) is 5.92 Å². The molecule has 1 N–H and O–H groups in total. The van der Waals surface area contributed by atoms with Crippen LogP contribution in [0, 0.1) is 5.92 Å². The van der Waals surface area contributed by atoms with Gasteiger partial charge in [-0.2, -0.15) is 0 Å². The molecule has 0 atom stereocenters. The smallest absolute Gasteiger partial charge is 0.307 e. The van der Waals surface area contributed by atoms with E-state index in [1.807, 2.05) is 24.3 Å². The predicted octanol–water partition coefficient (Wildman–Crippen LogP) is 1.50. The van der Waals surface area contributed by atoms with Crippen molar-refractivity contribution in [1.29, 1.82) is 0 Å². The van der Waals surface area contributed by atoms with Crippen molar-refractivity contribution in [1.82, 2.24) is 0 Å². The van der Waals surface area contributed by atoms with Crippen LogP contribution in [-0.2, 0) is 22.4 Å². The number of benzene rings is 1. The Morgan fingerprint density at radius 3 is 2.33 bits per heavy atom. The fraction of sp³-hybridized carbons (Fsp3) is 0.417. The highest BCUT2D eigenvalue weighted by molar-refractivity contribution is 5.70. The van der Waals surface area contributed by atoms with Gasteiger partial charge in [-0.05, 0) is 17.5 Å². The first-order valence-electron chi connectivity index (χ1n) is 5.11. The summed E-state index contributed by atoms with van der Waals surface area (Å²) in [6, 6.07) is 7.80. The number of carboxylic acids is 1. The van der Waals surface area contributed by atoms with Crippen LogP contribution in [0.3, 0.4) is 0 Å². The Bertz CT molecular complexity index is 338. The zero-order chi connectivity index (χ0) is 10.7. The molecule has 1 aromatic rings. The van der Waals surface area contributed by atoms with E-state index in [2.05, 4.69) is 0 Å². The van der Waals surface area contributed by atoms with E-state index >= 15 is 0 Å². The Balaban J connectivity index is 1.93. The number of carbonyl (C=O) groups is 1. The molecule has 0 bridgehead atoms. The lowest BCUT2D eigenvalue weighted by Crippen LogP contribution is -2.29. The van der Waals surface area contributed by atoms with Crippen molar-refractivity contribution < 1.29 is 14.6 Å². The summed E-state index contributed by atoms with van der Waals surface area (Å²) in [7, 11) is 0. The van der Waals surface area contributed by atoms with Gasteiger partial charge < -0.3 is 9.84 Å². The summed E-state index contributed by atoms with van der Waals surface area (Å²) in [4.78, 5) is 10.5. The summed E-state index contributed by atoms with van der Waals surface area (Å²) in [6.07, 6.45) is 1.14. The number of hydrogen-bond donors (Lipinski definition) is 1. The molecule has 0 radical (unpaired) electrons. The number of aliphatic carboxylic acids is 1. The first-order chi connectivity index (χ1) is 7.24. The molecular weight excluding hydrogens is 192 g/mol.